The van der Waals surface area contributed by atoms with Crippen LogP contribution in [-0.2, 0) is 22.2 Å². The largest absolute Gasteiger partial charge is 0.481 e. The van der Waals surface area contributed by atoms with Gasteiger partial charge in [0.2, 0.25) is 5.91 Å². The zero-order chi connectivity index (χ0) is 35.5. The number of halogens is 4. The van der Waals surface area contributed by atoms with Crippen LogP contribution in [0.25, 0.3) is 11.1 Å². The Labute approximate surface area is 277 Å². The Kier molecular flexibility index (Phi) is 11.1. The maximum absolute atomic E-state index is 15.8. The van der Waals surface area contributed by atoms with Crippen LogP contribution < -0.4 is 10.9 Å². The molecule has 12 heteroatoms. The van der Waals surface area contributed by atoms with Crippen LogP contribution in [0.1, 0.15) is 84.1 Å². The average molecular weight is 669 g/mol. The summed E-state index contributed by atoms with van der Waals surface area (Å²) in [5.74, 6) is -3.13. The molecule has 1 saturated heterocycles. The molecule has 1 aromatic heterocycles. The summed E-state index contributed by atoms with van der Waals surface area (Å²) in [7, 11) is 0. The lowest BCUT2D eigenvalue weighted by Gasteiger charge is -2.31. The molecule has 0 saturated carbocycles. The van der Waals surface area contributed by atoms with Gasteiger partial charge in [-0.25, -0.2) is 4.39 Å². The van der Waals surface area contributed by atoms with Gasteiger partial charge in [-0.2, -0.15) is 18.4 Å². The molecule has 1 unspecified atom stereocenters. The number of nitrogens with one attached hydrogen (secondary N) is 1. The SMILES string of the molecule is Cc1ccc(C#N)c(-c2cc(C)c(F)c([C@H](CC(=O)O)NC(=O)C(CC(C)C)n3cc(CCN4CCC4)c(C(F)(F)F)cc3=O)c2)c1C. The van der Waals surface area contributed by atoms with Gasteiger partial charge in [0.1, 0.15) is 11.9 Å². The van der Waals surface area contributed by atoms with E-state index in [1.807, 2.05) is 18.7 Å². The number of hydrogen-bond donors (Lipinski definition) is 2. The number of benzene rings is 2. The minimum atomic E-state index is -4.79. The molecule has 0 aliphatic carbocycles. The van der Waals surface area contributed by atoms with Crippen LogP contribution in [0.3, 0.4) is 0 Å². The molecule has 8 nitrogen and oxygen atoms in total. The molecule has 4 rings (SSSR count). The lowest BCUT2D eigenvalue weighted by molar-refractivity contribution is -0.139. The lowest BCUT2D eigenvalue weighted by atomic mass is 9.88. The molecule has 48 heavy (non-hydrogen) atoms. The highest BCUT2D eigenvalue weighted by molar-refractivity contribution is 5.82. The highest BCUT2D eigenvalue weighted by atomic mass is 19.4. The van der Waals surface area contributed by atoms with Crippen molar-refractivity contribution >= 4 is 11.9 Å². The first-order chi connectivity index (χ1) is 22.5. The summed E-state index contributed by atoms with van der Waals surface area (Å²) in [5, 5.41) is 22.2. The fourth-order valence-corrected chi connectivity index (χ4v) is 6.13. The van der Waals surface area contributed by atoms with Gasteiger partial charge >= 0.3 is 12.1 Å². The van der Waals surface area contributed by atoms with Gasteiger partial charge in [-0.3, -0.25) is 14.4 Å². The predicted molar refractivity (Wildman–Crippen MR) is 173 cm³/mol. The number of carbonyl (C=O) groups excluding carboxylic acids is 1. The highest BCUT2D eigenvalue weighted by Crippen LogP contribution is 2.36. The van der Waals surface area contributed by atoms with Crippen LogP contribution in [0.15, 0.2) is 41.3 Å². The number of hydrogen-bond acceptors (Lipinski definition) is 5. The second-order valence-corrected chi connectivity index (χ2v) is 12.9. The van der Waals surface area contributed by atoms with Crippen LogP contribution >= 0.6 is 0 Å². The van der Waals surface area contributed by atoms with Crippen molar-refractivity contribution in [2.75, 3.05) is 19.6 Å². The molecular formula is C36H40F4N4O4. The number of aryl methyl sites for hydroxylation is 2. The van der Waals surface area contributed by atoms with E-state index in [0.717, 1.165) is 41.4 Å². The van der Waals surface area contributed by atoms with Crippen LogP contribution in [0.4, 0.5) is 17.6 Å². The Hall–Kier alpha value is -4.50. The van der Waals surface area contributed by atoms with Gasteiger partial charge in [0.05, 0.1) is 29.7 Å². The second-order valence-electron chi connectivity index (χ2n) is 12.9. The van der Waals surface area contributed by atoms with Gasteiger partial charge in [0.25, 0.3) is 5.56 Å². The Balaban J connectivity index is 1.80. The van der Waals surface area contributed by atoms with Gasteiger partial charge in [0.15, 0.2) is 0 Å². The molecule has 2 heterocycles. The summed E-state index contributed by atoms with van der Waals surface area (Å²) >= 11 is 0. The third kappa shape index (κ3) is 8.13. The van der Waals surface area contributed by atoms with E-state index in [0.29, 0.717) is 29.3 Å². The number of aromatic nitrogens is 1. The molecule has 0 bridgehead atoms. The van der Waals surface area contributed by atoms with Crippen molar-refractivity contribution in [3.05, 3.63) is 91.6 Å². The zero-order valence-corrected chi connectivity index (χ0v) is 27.7. The standard InChI is InChI=1S/C36H40F4N4O4/c1-20(2)13-30(44-19-25(9-12-43-10-6-11-43)28(16-31(44)45)36(38,39)40)35(48)42-29(17-32(46)47)27-15-26(14-22(4)34(27)37)33-23(5)21(3)7-8-24(33)18-41/h7-8,14-16,19-20,29-30H,6,9-13,17H2,1-5H3,(H,42,48)(H,46,47)/t29-,30?/m0/s1. The van der Waals surface area contributed by atoms with Crippen molar-refractivity contribution in [1.29, 1.82) is 5.26 Å². The molecule has 1 fully saturated rings. The third-order valence-corrected chi connectivity index (χ3v) is 8.95. The van der Waals surface area contributed by atoms with E-state index in [-0.39, 0.29) is 35.4 Å². The molecule has 0 radical (unpaired) electrons. The molecule has 256 valence electrons. The normalized spacial score (nSPS) is 14.7. The summed E-state index contributed by atoms with van der Waals surface area (Å²) < 4.78 is 58.8. The molecule has 2 aromatic carbocycles. The van der Waals surface area contributed by atoms with E-state index >= 15 is 4.39 Å². The van der Waals surface area contributed by atoms with E-state index in [2.05, 4.69) is 11.4 Å². The number of amides is 1. The molecule has 1 amide bonds. The maximum Gasteiger partial charge on any atom is 0.416 e. The van der Waals surface area contributed by atoms with Crippen molar-refractivity contribution in [2.45, 2.75) is 78.6 Å². The van der Waals surface area contributed by atoms with Gasteiger partial charge in [-0.05, 0) is 105 Å². The highest BCUT2D eigenvalue weighted by Gasteiger charge is 2.36. The molecular weight excluding hydrogens is 628 g/mol. The summed E-state index contributed by atoms with van der Waals surface area (Å²) in [6, 6.07) is 6.32. The van der Waals surface area contributed by atoms with Crippen molar-refractivity contribution in [2.24, 2.45) is 5.92 Å². The molecule has 2 atom stereocenters. The number of nitriles is 1. The van der Waals surface area contributed by atoms with Crippen LogP contribution in [0, 0.1) is 43.8 Å². The minimum Gasteiger partial charge on any atom is -0.481 e. The predicted octanol–water partition coefficient (Wildman–Crippen LogP) is 6.64. The number of rotatable bonds is 12. The monoisotopic (exact) mass is 668 g/mol. The number of carboxylic acid groups (broad SMARTS) is 1. The number of pyridine rings is 1. The Morgan fingerprint density at radius 2 is 1.77 bits per heavy atom. The fourth-order valence-electron chi connectivity index (χ4n) is 6.13. The summed E-state index contributed by atoms with van der Waals surface area (Å²) in [6.45, 7) is 10.6. The molecule has 2 N–H and O–H groups in total. The summed E-state index contributed by atoms with van der Waals surface area (Å²) in [6.07, 6.45) is -3.43. The molecule has 3 aromatic rings. The van der Waals surface area contributed by atoms with Gasteiger partial charge < -0.3 is 19.9 Å². The Morgan fingerprint density at radius 3 is 2.33 bits per heavy atom. The topological polar surface area (TPSA) is 115 Å². The van der Waals surface area contributed by atoms with Crippen molar-refractivity contribution in [3.8, 4) is 17.2 Å². The van der Waals surface area contributed by atoms with Crippen molar-refractivity contribution in [1.82, 2.24) is 14.8 Å². The smallest absolute Gasteiger partial charge is 0.416 e. The van der Waals surface area contributed by atoms with Gasteiger partial charge in [0, 0.05) is 29.9 Å². The van der Waals surface area contributed by atoms with Gasteiger partial charge in [-0.1, -0.05) is 19.9 Å². The zero-order valence-electron chi connectivity index (χ0n) is 27.7. The van der Waals surface area contributed by atoms with Crippen molar-refractivity contribution < 1.29 is 32.3 Å². The van der Waals surface area contributed by atoms with Gasteiger partial charge in [-0.15, -0.1) is 0 Å². The van der Waals surface area contributed by atoms with E-state index in [1.54, 1.807) is 32.0 Å². The molecule has 1 aliphatic rings. The third-order valence-electron chi connectivity index (χ3n) is 8.95. The quantitative estimate of drug-likeness (QED) is 0.209. The second kappa shape index (κ2) is 14.7. The van der Waals surface area contributed by atoms with E-state index < -0.39 is 53.5 Å². The Bertz CT molecular complexity index is 1810. The van der Waals surface area contributed by atoms with E-state index in [1.165, 1.54) is 13.0 Å². The minimum absolute atomic E-state index is 0.00707. The number of likely N-dealkylation sites (tertiary alicyclic amines) is 1. The number of carbonyl (C=O) groups is 2. The Morgan fingerprint density at radius 1 is 1.08 bits per heavy atom. The summed E-state index contributed by atoms with van der Waals surface area (Å²) in [5.41, 5.74) is 0.774. The lowest BCUT2D eigenvalue weighted by Crippen LogP contribution is -2.41. The van der Waals surface area contributed by atoms with Crippen molar-refractivity contribution in [3.63, 3.8) is 0 Å². The first kappa shape index (κ1) is 36.3. The number of aliphatic carboxylic acids is 1. The first-order valence-corrected chi connectivity index (χ1v) is 15.9. The molecule has 0 spiro atoms. The number of carboxylic acids is 1. The van der Waals surface area contributed by atoms with E-state index in [9.17, 15) is 37.9 Å². The maximum atomic E-state index is 15.8. The first-order valence-electron chi connectivity index (χ1n) is 15.9. The number of nitrogens with zero attached hydrogens (tertiary/aromatic N) is 3. The van der Waals surface area contributed by atoms with Crippen LogP contribution in [0.5, 0.6) is 0 Å². The fraction of sp³-hybridized carbons (Fsp3) is 0.444. The van der Waals surface area contributed by atoms with Crippen LogP contribution in [0.2, 0.25) is 0 Å². The van der Waals surface area contributed by atoms with E-state index in [4.69, 9.17) is 0 Å². The van der Waals surface area contributed by atoms with Crippen LogP contribution in [-0.4, -0.2) is 46.1 Å². The molecule has 1 aliphatic heterocycles. The summed E-state index contributed by atoms with van der Waals surface area (Å²) in [4.78, 5) is 41.2. The average Bonchev–Trinajstić information content (AvgIpc) is 2.97. The number of alkyl halides is 3.